The Morgan fingerprint density at radius 1 is 0.489 bits per heavy atom. The van der Waals surface area contributed by atoms with Crippen molar-refractivity contribution in [1.29, 1.82) is 0 Å². The summed E-state index contributed by atoms with van der Waals surface area (Å²) in [4.78, 5) is 13.0. The molecule has 5 heteroatoms. The highest BCUT2D eigenvalue weighted by Gasteiger charge is 2.29. The topological polar surface area (TPSA) is 37.8 Å². The first-order valence-corrected chi connectivity index (χ1v) is 15.3. The number of fused-ring (bicyclic) bond motifs is 7. The lowest BCUT2D eigenvalue weighted by atomic mass is 10.1. The van der Waals surface area contributed by atoms with Crippen LogP contribution >= 0.6 is 0 Å². The fourth-order valence-electron chi connectivity index (χ4n) is 6.95. The van der Waals surface area contributed by atoms with Crippen LogP contribution in [-0.2, 0) is 0 Å². The van der Waals surface area contributed by atoms with E-state index in [1.54, 1.807) is 0 Å². The second-order valence-electron chi connectivity index (χ2n) is 11.5. The third-order valence-corrected chi connectivity index (χ3v) is 8.96. The van der Waals surface area contributed by atoms with Gasteiger partial charge in [-0.2, -0.15) is 4.99 Å². The molecule has 214 valence electrons. The molecule has 0 spiro atoms. The Hall–Kier alpha value is -5.94. The number of benzene rings is 6. The molecule has 9 rings (SSSR count). The molecule has 0 saturated heterocycles. The van der Waals surface area contributed by atoms with Gasteiger partial charge in [0.15, 0.2) is 6.17 Å². The zero-order valence-corrected chi connectivity index (χ0v) is 24.7. The van der Waals surface area contributed by atoms with Crippen LogP contribution in [0.2, 0.25) is 0 Å². The molecule has 5 nitrogen and oxygen atoms in total. The van der Waals surface area contributed by atoms with E-state index in [1.165, 1.54) is 27.1 Å². The molecule has 0 aliphatic carbocycles. The largest absolute Gasteiger partial charge is 0.333 e. The smallest absolute Gasteiger partial charge is 0.234 e. The SMILES string of the molecule is CN1C(c2ccccc2)=NC(n2c3ccccc3c3ccc4c5ccccc5n(-c5ccccc5)c4c32)=NC1c1ccccc1. The number of amidine groups is 1. The molecule has 3 heterocycles. The molecule has 1 aliphatic rings. The Morgan fingerprint density at radius 2 is 1.00 bits per heavy atom. The molecular weight excluding hydrogens is 550 g/mol. The summed E-state index contributed by atoms with van der Waals surface area (Å²) in [5.41, 5.74) is 7.78. The number of aliphatic imine (C=N–C) groups is 2. The third-order valence-electron chi connectivity index (χ3n) is 8.96. The second-order valence-corrected chi connectivity index (χ2v) is 11.5. The van der Waals surface area contributed by atoms with Crippen LogP contribution < -0.4 is 0 Å². The Labute approximate surface area is 260 Å². The van der Waals surface area contributed by atoms with Gasteiger partial charge < -0.3 is 9.47 Å². The average Bonchev–Trinajstić information content (AvgIpc) is 3.63. The highest BCUT2D eigenvalue weighted by Crippen LogP contribution is 2.41. The molecule has 2 aromatic heterocycles. The fraction of sp³-hybridized carbons (Fsp3) is 0.0500. The molecule has 1 aliphatic heterocycles. The fourth-order valence-corrected chi connectivity index (χ4v) is 6.95. The van der Waals surface area contributed by atoms with Crippen molar-refractivity contribution in [1.82, 2.24) is 14.0 Å². The summed E-state index contributed by atoms with van der Waals surface area (Å²) in [6, 6.07) is 53.4. The maximum atomic E-state index is 5.42. The van der Waals surface area contributed by atoms with Crippen molar-refractivity contribution >= 4 is 55.4 Å². The molecule has 0 bridgehead atoms. The van der Waals surface area contributed by atoms with E-state index in [0.717, 1.165) is 39.2 Å². The summed E-state index contributed by atoms with van der Waals surface area (Å²) in [6.45, 7) is 0. The molecule has 0 fully saturated rings. The number of para-hydroxylation sites is 3. The van der Waals surface area contributed by atoms with E-state index in [9.17, 15) is 0 Å². The Kier molecular flexibility index (Phi) is 5.72. The van der Waals surface area contributed by atoms with Crippen LogP contribution in [0.15, 0.2) is 162 Å². The zero-order valence-electron chi connectivity index (χ0n) is 24.7. The minimum Gasteiger partial charge on any atom is -0.333 e. The predicted octanol–water partition coefficient (Wildman–Crippen LogP) is 9.19. The molecule has 0 radical (unpaired) electrons. The first-order chi connectivity index (χ1) is 22.3. The summed E-state index contributed by atoms with van der Waals surface area (Å²) in [6.07, 6.45) is -0.246. The van der Waals surface area contributed by atoms with Crippen LogP contribution in [0.1, 0.15) is 17.3 Å². The lowest BCUT2D eigenvalue weighted by Gasteiger charge is -2.32. The average molecular weight is 580 g/mol. The van der Waals surface area contributed by atoms with Gasteiger partial charge in [-0.1, -0.05) is 127 Å². The first-order valence-electron chi connectivity index (χ1n) is 15.3. The molecular formula is C40H29N5. The van der Waals surface area contributed by atoms with Crippen molar-refractivity contribution in [2.45, 2.75) is 6.17 Å². The minimum absolute atomic E-state index is 0.246. The van der Waals surface area contributed by atoms with E-state index >= 15 is 0 Å². The van der Waals surface area contributed by atoms with E-state index in [4.69, 9.17) is 9.98 Å². The van der Waals surface area contributed by atoms with Crippen LogP contribution in [0.5, 0.6) is 0 Å². The van der Waals surface area contributed by atoms with E-state index in [-0.39, 0.29) is 6.17 Å². The Balaban J connectivity index is 1.45. The Morgan fingerprint density at radius 3 is 1.64 bits per heavy atom. The first kappa shape index (κ1) is 25.5. The van der Waals surface area contributed by atoms with Gasteiger partial charge in [0.2, 0.25) is 5.96 Å². The van der Waals surface area contributed by atoms with Crippen LogP contribution in [0, 0.1) is 0 Å². The van der Waals surface area contributed by atoms with Gasteiger partial charge in [0, 0.05) is 39.8 Å². The lowest BCUT2D eigenvalue weighted by molar-refractivity contribution is 0.381. The second kappa shape index (κ2) is 10.1. The van der Waals surface area contributed by atoms with Crippen molar-refractivity contribution in [2.24, 2.45) is 9.98 Å². The van der Waals surface area contributed by atoms with Crippen LogP contribution in [-0.4, -0.2) is 32.9 Å². The van der Waals surface area contributed by atoms with Gasteiger partial charge in [-0.15, -0.1) is 0 Å². The third kappa shape index (κ3) is 3.87. The predicted molar refractivity (Wildman–Crippen MR) is 187 cm³/mol. The lowest BCUT2D eigenvalue weighted by Crippen LogP contribution is -2.36. The maximum Gasteiger partial charge on any atom is 0.234 e. The van der Waals surface area contributed by atoms with Gasteiger partial charge in [0.05, 0.1) is 22.1 Å². The molecule has 1 atom stereocenters. The highest BCUT2D eigenvalue weighted by molar-refractivity contribution is 6.26. The summed E-state index contributed by atoms with van der Waals surface area (Å²) in [5.74, 6) is 1.56. The van der Waals surface area contributed by atoms with Gasteiger partial charge in [-0.25, -0.2) is 4.99 Å². The van der Waals surface area contributed by atoms with Crippen LogP contribution in [0.4, 0.5) is 0 Å². The highest BCUT2D eigenvalue weighted by atomic mass is 15.4. The summed E-state index contributed by atoms with van der Waals surface area (Å²) >= 11 is 0. The van der Waals surface area contributed by atoms with E-state index in [1.807, 2.05) is 6.07 Å². The summed E-state index contributed by atoms with van der Waals surface area (Å²) < 4.78 is 4.69. The monoisotopic (exact) mass is 579 g/mol. The number of hydrogen-bond donors (Lipinski definition) is 0. The number of nitrogens with zero attached hydrogens (tertiary/aromatic N) is 5. The summed E-state index contributed by atoms with van der Waals surface area (Å²) in [7, 11) is 2.08. The molecule has 45 heavy (non-hydrogen) atoms. The van der Waals surface area contributed by atoms with Gasteiger partial charge in [0.1, 0.15) is 5.84 Å². The molecule has 8 aromatic rings. The van der Waals surface area contributed by atoms with Crippen molar-refractivity contribution in [2.75, 3.05) is 7.05 Å². The van der Waals surface area contributed by atoms with Gasteiger partial charge in [0.25, 0.3) is 0 Å². The zero-order chi connectivity index (χ0) is 29.9. The Bertz CT molecular complexity index is 2430. The van der Waals surface area contributed by atoms with E-state index < -0.39 is 0 Å². The number of rotatable bonds is 3. The van der Waals surface area contributed by atoms with Crippen molar-refractivity contribution in [3.8, 4) is 5.69 Å². The maximum absolute atomic E-state index is 5.42. The van der Waals surface area contributed by atoms with Gasteiger partial charge in [-0.05, 0) is 29.8 Å². The van der Waals surface area contributed by atoms with Gasteiger partial charge >= 0.3 is 0 Å². The van der Waals surface area contributed by atoms with Crippen LogP contribution in [0.25, 0.3) is 49.3 Å². The van der Waals surface area contributed by atoms with E-state index in [2.05, 4.69) is 167 Å². The van der Waals surface area contributed by atoms with Crippen molar-refractivity contribution in [3.05, 3.63) is 163 Å². The normalized spacial score (nSPS) is 15.2. The quantitative estimate of drug-likeness (QED) is 0.206. The van der Waals surface area contributed by atoms with Gasteiger partial charge in [-0.3, -0.25) is 4.57 Å². The minimum atomic E-state index is -0.246. The standard InChI is InChI=1S/C40H29N5/c1-43-38(27-15-5-2-6-16-27)41-40(42-39(43)28-17-7-3-8-18-28)45-35-24-14-12-22-31(35)33-26-25-32-30-21-11-13-23-34(30)44(36(32)37(33)45)29-19-9-4-10-20-29/h2-26,38H,1H3. The van der Waals surface area contributed by atoms with E-state index in [0.29, 0.717) is 5.96 Å². The van der Waals surface area contributed by atoms with Crippen LogP contribution in [0.3, 0.4) is 0 Å². The van der Waals surface area contributed by atoms with Crippen molar-refractivity contribution in [3.63, 3.8) is 0 Å². The molecule has 1 unspecified atom stereocenters. The number of aromatic nitrogens is 2. The number of hydrogen-bond acceptors (Lipinski definition) is 3. The van der Waals surface area contributed by atoms with Crippen molar-refractivity contribution < 1.29 is 0 Å². The molecule has 0 saturated carbocycles. The molecule has 0 amide bonds. The molecule has 0 N–H and O–H groups in total. The summed E-state index contributed by atoms with van der Waals surface area (Å²) in [5, 5.41) is 4.77. The molecule has 6 aromatic carbocycles.